The molecule has 0 aliphatic heterocycles. The molecular weight excluding hydrogens is 444 g/mol. The van der Waals surface area contributed by atoms with E-state index in [0.29, 0.717) is 27.7 Å². The molecule has 6 nitrogen and oxygen atoms in total. The van der Waals surface area contributed by atoms with E-state index in [-0.39, 0.29) is 17.8 Å². The standard InChI is InChI=1S/C24H29ClN4O2S/c1-15(2)13-29-23(18(5)31-21-9-7-6-8-20(21)25)27-28-24(29)32-14-22(30)26-19-11-10-16(3)17(4)12-19/h6-12,15,18H,13-14H2,1-5H3,(H,26,30). The summed E-state index contributed by atoms with van der Waals surface area (Å²) in [6.45, 7) is 11.0. The quantitative estimate of drug-likeness (QED) is 0.382. The number of hydrogen-bond donors (Lipinski definition) is 1. The van der Waals surface area contributed by atoms with Crippen LogP contribution >= 0.6 is 23.4 Å². The maximum atomic E-state index is 12.5. The van der Waals surface area contributed by atoms with Crippen LogP contribution in [-0.2, 0) is 11.3 Å². The first kappa shape index (κ1) is 24.1. The average molecular weight is 473 g/mol. The van der Waals surface area contributed by atoms with Crippen LogP contribution in [0.1, 0.15) is 43.8 Å². The van der Waals surface area contributed by atoms with E-state index in [1.807, 2.05) is 61.7 Å². The number of anilines is 1. The Bertz CT molecular complexity index is 1080. The van der Waals surface area contributed by atoms with Gasteiger partial charge in [-0.15, -0.1) is 10.2 Å². The topological polar surface area (TPSA) is 69.0 Å². The fraction of sp³-hybridized carbons (Fsp3) is 0.375. The minimum absolute atomic E-state index is 0.0840. The number of nitrogens with one attached hydrogen (secondary N) is 1. The van der Waals surface area contributed by atoms with Crippen LogP contribution in [0.5, 0.6) is 5.75 Å². The van der Waals surface area contributed by atoms with E-state index >= 15 is 0 Å². The van der Waals surface area contributed by atoms with Gasteiger partial charge < -0.3 is 14.6 Å². The zero-order valence-electron chi connectivity index (χ0n) is 19.1. The van der Waals surface area contributed by atoms with E-state index in [9.17, 15) is 4.79 Å². The lowest BCUT2D eigenvalue weighted by atomic mass is 10.1. The number of aromatic nitrogens is 3. The number of thioether (sulfide) groups is 1. The predicted molar refractivity (Wildman–Crippen MR) is 131 cm³/mol. The third kappa shape index (κ3) is 6.26. The Morgan fingerprint density at radius 1 is 1.12 bits per heavy atom. The van der Waals surface area contributed by atoms with E-state index < -0.39 is 0 Å². The molecule has 0 aliphatic rings. The summed E-state index contributed by atoms with van der Waals surface area (Å²) in [4.78, 5) is 12.5. The summed E-state index contributed by atoms with van der Waals surface area (Å²) in [6, 6.07) is 13.3. The van der Waals surface area contributed by atoms with Crippen LogP contribution in [0.4, 0.5) is 5.69 Å². The van der Waals surface area contributed by atoms with E-state index in [4.69, 9.17) is 16.3 Å². The summed E-state index contributed by atoms with van der Waals surface area (Å²) in [5, 5.41) is 12.9. The van der Waals surface area contributed by atoms with E-state index in [1.54, 1.807) is 6.07 Å². The van der Waals surface area contributed by atoms with Crippen molar-refractivity contribution in [3.05, 3.63) is 64.4 Å². The number of amides is 1. The van der Waals surface area contributed by atoms with Crippen molar-refractivity contribution in [2.75, 3.05) is 11.1 Å². The highest BCUT2D eigenvalue weighted by Gasteiger charge is 2.21. The molecule has 1 heterocycles. The lowest BCUT2D eigenvalue weighted by Crippen LogP contribution is -2.17. The fourth-order valence-electron chi connectivity index (χ4n) is 3.17. The first-order valence-electron chi connectivity index (χ1n) is 10.6. The Morgan fingerprint density at radius 2 is 1.88 bits per heavy atom. The minimum atomic E-state index is -0.347. The van der Waals surface area contributed by atoms with Gasteiger partial charge in [0.25, 0.3) is 0 Å². The van der Waals surface area contributed by atoms with Crippen molar-refractivity contribution in [1.82, 2.24) is 14.8 Å². The number of ether oxygens (including phenoxy) is 1. The molecular formula is C24H29ClN4O2S. The summed E-state index contributed by atoms with van der Waals surface area (Å²) in [5.41, 5.74) is 3.13. The van der Waals surface area contributed by atoms with E-state index in [2.05, 4.69) is 29.4 Å². The van der Waals surface area contributed by atoms with Crippen LogP contribution < -0.4 is 10.1 Å². The van der Waals surface area contributed by atoms with Crippen molar-refractivity contribution in [2.24, 2.45) is 5.92 Å². The first-order valence-corrected chi connectivity index (χ1v) is 11.9. The van der Waals surface area contributed by atoms with Crippen LogP contribution in [0.15, 0.2) is 47.6 Å². The molecule has 3 aromatic rings. The molecule has 0 saturated carbocycles. The van der Waals surface area contributed by atoms with Crippen molar-refractivity contribution in [3.8, 4) is 5.75 Å². The lowest BCUT2D eigenvalue weighted by Gasteiger charge is -2.18. The van der Waals surface area contributed by atoms with Crippen molar-refractivity contribution in [3.63, 3.8) is 0 Å². The zero-order chi connectivity index (χ0) is 23.3. The number of carbonyl (C=O) groups excluding carboxylic acids is 1. The highest BCUT2D eigenvalue weighted by atomic mass is 35.5. The number of nitrogens with zero attached hydrogens (tertiary/aromatic N) is 3. The normalized spacial score (nSPS) is 12.1. The summed E-state index contributed by atoms with van der Waals surface area (Å²) >= 11 is 7.61. The highest BCUT2D eigenvalue weighted by molar-refractivity contribution is 7.99. The maximum absolute atomic E-state index is 12.5. The predicted octanol–water partition coefficient (Wildman–Crippen LogP) is 6.08. The molecule has 3 rings (SSSR count). The van der Waals surface area contributed by atoms with Crippen LogP contribution in [0.2, 0.25) is 5.02 Å². The highest BCUT2D eigenvalue weighted by Crippen LogP contribution is 2.30. The molecule has 1 unspecified atom stereocenters. The van der Waals surface area contributed by atoms with Gasteiger partial charge in [-0.2, -0.15) is 0 Å². The smallest absolute Gasteiger partial charge is 0.234 e. The van der Waals surface area contributed by atoms with Gasteiger partial charge in [0.2, 0.25) is 5.91 Å². The zero-order valence-corrected chi connectivity index (χ0v) is 20.6. The second kappa shape index (κ2) is 10.9. The molecule has 1 N–H and O–H groups in total. The van der Waals surface area contributed by atoms with Gasteiger partial charge in [0, 0.05) is 12.2 Å². The number of para-hydroxylation sites is 1. The lowest BCUT2D eigenvalue weighted by molar-refractivity contribution is -0.113. The molecule has 0 saturated heterocycles. The summed E-state index contributed by atoms with van der Waals surface area (Å²) < 4.78 is 8.08. The molecule has 1 atom stereocenters. The molecule has 0 aliphatic carbocycles. The Morgan fingerprint density at radius 3 is 2.56 bits per heavy atom. The van der Waals surface area contributed by atoms with Gasteiger partial charge in [0.05, 0.1) is 10.8 Å². The number of halogens is 1. The third-order valence-corrected chi connectivity index (χ3v) is 6.20. The van der Waals surface area contributed by atoms with Crippen LogP contribution in [0, 0.1) is 19.8 Å². The molecule has 0 radical (unpaired) electrons. The van der Waals surface area contributed by atoms with E-state index in [0.717, 1.165) is 17.8 Å². The SMILES string of the molecule is Cc1ccc(NC(=O)CSc2nnc(C(C)Oc3ccccc3Cl)n2CC(C)C)cc1C. The first-order chi connectivity index (χ1) is 15.2. The van der Waals surface area contributed by atoms with Crippen molar-refractivity contribution in [2.45, 2.75) is 52.4 Å². The third-order valence-electron chi connectivity index (χ3n) is 4.92. The molecule has 8 heteroatoms. The van der Waals surface area contributed by atoms with Crippen molar-refractivity contribution in [1.29, 1.82) is 0 Å². The van der Waals surface area contributed by atoms with Crippen LogP contribution in [0.25, 0.3) is 0 Å². The van der Waals surface area contributed by atoms with Gasteiger partial charge in [-0.1, -0.05) is 55.4 Å². The summed E-state index contributed by atoms with van der Waals surface area (Å²) in [6.07, 6.45) is -0.347. The van der Waals surface area contributed by atoms with E-state index in [1.165, 1.54) is 17.3 Å². The molecule has 1 aromatic heterocycles. The second-order valence-corrected chi connectivity index (χ2v) is 9.52. The van der Waals surface area contributed by atoms with Crippen LogP contribution in [0.3, 0.4) is 0 Å². The Kier molecular flexibility index (Phi) is 8.21. The van der Waals surface area contributed by atoms with Gasteiger partial charge in [-0.25, -0.2) is 0 Å². The number of hydrogen-bond acceptors (Lipinski definition) is 5. The number of carbonyl (C=O) groups is 1. The average Bonchev–Trinajstić information content (AvgIpc) is 3.13. The summed E-state index contributed by atoms with van der Waals surface area (Å²) in [7, 11) is 0. The molecule has 2 aromatic carbocycles. The van der Waals surface area contributed by atoms with Crippen molar-refractivity contribution >= 4 is 35.0 Å². The molecule has 0 fully saturated rings. The van der Waals surface area contributed by atoms with Gasteiger partial charge in [-0.3, -0.25) is 4.79 Å². The molecule has 0 bridgehead atoms. The number of rotatable bonds is 9. The number of aryl methyl sites for hydroxylation is 2. The van der Waals surface area contributed by atoms with Gasteiger partial charge >= 0.3 is 0 Å². The molecule has 1 amide bonds. The van der Waals surface area contributed by atoms with Gasteiger partial charge in [-0.05, 0) is 62.1 Å². The molecule has 170 valence electrons. The Labute approximate surface area is 198 Å². The maximum Gasteiger partial charge on any atom is 0.234 e. The van der Waals surface area contributed by atoms with Crippen LogP contribution in [-0.4, -0.2) is 26.4 Å². The monoisotopic (exact) mass is 472 g/mol. The second-order valence-electron chi connectivity index (χ2n) is 8.17. The van der Waals surface area contributed by atoms with Gasteiger partial charge in [0.1, 0.15) is 5.75 Å². The largest absolute Gasteiger partial charge is 0.481 e. The molecule has 32 heavy (non-hydrogen) atoms. The fourth-order valence-corrected chi connectivity index (χ4v) is 4.11. The van der Waals surface area contributed by atoms with Crippen molar-refractivity contribution < 1.29 is 9.53 Å². The van der Waals surface area contributed by atoms with Gasteiger partial charge in [0.15, 0.2) is 17.1 Å². The minimum Gasteiger partial charge on any atom is -0.481 e. The summed E-state index contributed by atoms with van der Waals surface area (Å²) in [5.74, 6) is 1.83. The molecule has 0 spiro atoms. The number of benzene rings is 2. The Hall–Kier alpha value is -2.51. The Balaban J connectivity index is 1.70.